The Morgan fingerprint density at radius 3 is 2.95 bits per heavy atom. The fourth-order valence-electron chi connectivity index (χ4n) is 2.11. The molecule has 0 aromatic carbocycles. The molecule has 0 aromatic rings. The molecule has 1 aliphatic heterocycles. The number of ether oxygens (including phenoxy) is 1. The van der Waals surface area contributed by atoms with E-state index in [9.17, 15) is 14.7 Å². The molecule has 0 spiro atoms. The van der Waals surface area contributed by atoms with Crippen LogP contribution in [-0.4, -0.2) is 40.8 Å². The first-order chi connectivity index (χ1) is 8.95. The summed E-state index contributed by atoms with van der Waals surface area (Å²) in [7, 11) is 1.61. The number of ketones is 1. The molecule has 2 rings (SSSR count). The number of nitrogens with zero attached hydrogens (tertiary/aromatic N) is 1. The summed E-state index contributed by atoms with van der Waals surface area (Å²) >= 11 is 5.86. The number of likely N-dealkylation sites (N-methyl/N-ethyl adjacent to an activating group) is 1. The first kappa shape index (κ1) is 13.7. The normalized spacial score (nSPS) is 22.8. The quantitative estimate of drug-likeness (QED) is 0.617. The third kappa shape index (κ3) is 2.38. The van der Waals surface area contributed by atoms with E-state index >= 15 is 0 Å². The van der Waals surface area contributed by atoms with Crippen LogP contribution in [0.1, 0.15) is 13.3 Å². The fourth-order valence-corrected chi connectivity index (χ4v) is 2.31. The summed E-state index contributed by atoms with van der Waals surface area (Å²) in [4.78, 5) is 24.8. The third-order valence-electron chi connectivity index (χ3n) is 2.98. The lowest BCUT2D eigenvalue weighted by molar-refractivity contribution is -0.140. The van der Waals surface area contributed by atoms with Gasteiger partial charge in [0.15, 0.2) is 17.2 Å². The summed E-state index contributed by atoms with van der Waals surface area (Å²) in [5.41, 5.74) is 1.13. The summed E-state index contributed by atoms with van der Waals surface area (Å²) in [6.07, 6.45) is 3.24. The Morgan fingerprint density at radius 1 is 1.63 bits per heavy atom. The number of Topliss-reactive ketones (excluding diaryl/α,β-unsaturated/α-hetero) is 1. The molecule has 1 heterocycles. The Labute approximate surface area is 115 Å². The molecule has 0 bridgehead atoms. The van der Waals surface area contributed by atoms with E-state index in [0.29, 0.717) is 11.1 Å². The van der Waals surface area contributed by atoms with Gasteiger partial charge in [-0.2, -0.15) is 0 Å². The van der Waals surface area contributed by atoms with E-state index in [1.54, 1.807) is 20.2 Å². The van der Waals surface area contributed by atoms with Gasteiger partial charge >= 0.3 is 5.97 Å². The smallest absolute Gasteiger partial charge is 0.358 e. The molecular weight excluding hydrogens is 270 g/mol. The molecule has 0 saturated heterocycles. The zero-order valence-corrected chi connectivity index (χ0v) is 11.4. The van der Waals surface area contributed by atoms with E-state index in [4.69, 9.17) is 16.3 Å². The van der Waals surface area contributed by atoms with Gasteiger partial charge < -0.3 is 14.7 Å². The van der Waals surface area contributed by atoms with Gasteiger partial charge in [0.2, 0.25) is 0 Å². The predicted molar refractivity (Wildman–Crippen MR) is 69.5 cm³/mol. The van der Waals surface area contributed by atoms with E-state index in [-0.39, 0.29) is 30.3 Å². The Bertz CT molecular complexity index is 533. The van der Waals surface area contributed by atoms with Gasteiger partial charge in [-0.05, 0) is 18.6 Å². The zero-order chi connectivity index (χ0) is 14.2. The number of allylic oxidation sites excluding steroid dienone is 2. The molecule has 102 valence electrons. The number of esters is 1. The van der Waals surface area contributed by atoms with Gasteiger partial charge in [-0.15, -0.1) is 11.6 Å². The largest absolute Gasteiger partial charge is 0.505 e. The first-order valence-corrected chi connectivity index (χ1v) is 6.32. The fraction of sp³-hybridized carbons (Fsp3) is 0.385. The maximum atomic E-state index is 11.8. The van der Waals surface area contributed by atoms with Crippen molar-refractivity contribution in [2.45, 2.75) is 18.7 Å². The lowest BCUT2D eigenvalue weighted by Gasteiger charge is -2.29. The topological polar surface area (TPSA) is 66.8 Å². The molecule has 0 fully saturated rings. The molecule has 1 N–H and O–H groups in total. The van der Waals surface area contributed by atoms with Gasteiger partial charge in [-0.3, -0.25) is 4.79 Å². The standard InChI is InChI=1S/C13H14ClNO4/c1-3-19-13(18)11-12(17)8-5-9(14)10(16)4-7(8)6-15(11)2/h5-6,9,17H,3-4H2,1-2H3. The number of rotatable bonds is 2. The SMILES string of the molecule is CCOC(=O)C1=C(O)C2=CC(Cl)C(=O)CC2=CN1C. The van der Waals surface area contributed by atoms with Crippen LogP contribution in [0, 0.1) is 0 Å². The van der Waals surface area contributed by atoms with E-state index in [0.717, 1.165) is 0 Å². The zero-order valence-electron chi connectivity index (χ0n) is 10.6. The molecular formula is C13H14ClNO4. The van der Waals surface area contributed by atoms with Crippen LogP contribution in [-0.2, 0) is 14.3 Å². The first-order valence-electron chi connectivity index (χ1n) is 5.89. The molecule has 6 heteroatoms. The van der Waals surface area contributed by atoms with Crippen LogP contribution in [0.2, 0.25) is 0 Å². The van der Waals surface area contributed by atoms with Crippen molar-refractivity contribution in [3.8, 4) is 0 Å². The second-order valence-electron chi connectivity index (χ2n) is 4.31. The number of alkyl halides is 1. The average molecular weight is 284 g/mol. The highest BCUT2D eigenvalue weighted by atomic mass is 35.5. The number of carbonyl (C=O) groups excluding carboxylic acids is 2. The molecule has 0 radical (unpaired) electrons. The van der Waals surface area contributed by atoms with E-state index in [2.05, 4.69) is 0 Å². The molecule has 19 heavy (non-hydrogen) atoms. The van der Waals surface area contributed by atoms with Crippen LogP contribution < -0.4 is 0 Å². The molecule has 5 nitrogen and oxygen atoms in total. The van der Waals surface area contributed by atoms with Crippen LogP contribution in [0.15, 0.2) is 34.9 Å². The number of aliphatic hydroxyl groups excluding tert-OH is 1. The van der Waals surface area contributed by atoms with Crippen LogP contribution >= 0.6 is 11.6 Å². The predicted octanol–water partition coefficient (Wildman–Crippen LogP) is 1.66. The van der Waals surface area contributed by atoms with Crippen LogP contribution in [0.4, 0.5) is 0 Å². The molecule has 0 saturated carbocycles. The van der Waals surface area contributed by atoms with Crippen LogP contribution in [0.25, 0.3) is 0 Å². The van der Waals surface area contributed by atoms with Crippen molar-refractivity contribution in [2.75, 3.05) is 13.7 Å². The van der Waals surface area contributed by atoms with Crippen molar-refractivity contribution in [2.24, 2.45) is 0 Å². The molecule has 1 aliphatic carbocycles. The maximum Gasteiger partial charge on any atom is 0.358 e. The minimum Gasteiger partial charge on any atom is -0.505 e. The highest BCUT2D eigenvalue weighted by molar-refractivity contribution is 6.33. The summed E-state index contributed by atoms with van der Waals surface area (Å²) in [6.45, 7) is 1.91. The van der Waals surface area contributed by atoms with Gasteiger partial charge in [0.25, 0.3) is 0 Å². The molecule has 2 aliphatic rings. The maximum absolute atomic E-state index is 11.8. The minimum absolute atomic E-state index is 0.0510. The van der Waals surface area contributed by atoms with Gasteiger partial charge in [-0.25, -0.2) is 4.79 Å². The average Bonchev–Trinajstić information content (AvgIpc) is 2.32. The second-order valence-corrected chi connectivity index (χ2v) is 4.78. The van der Waals surface area contributed by atoms with Crippen LogP contribution in [0.5, 0.6) is 0 Å². The van der Waals surface area contributed by atoms with E-state index in [1.807, 2.05) is 0 Å². The number of hydrogen-bond acceptors (Lipinski definition) is 5. The van der Waals surface area contributed by atoms with Crippen LogP contribution in [0.3, 0.4) is 0 Å². The van der Waals surface area contributed by atoms with Crippen molar-refractivity contribution in [1.29, 1.82) is 0 Å². The molecule has 1 unspecified atom stereocenters. The summed E-state index contributed by atoms with van der Waals surface area (Å²) < 4.78 is 4.89. The van der Waals surface area contributed by atoms with Gasteiger partial charge in [0.1, 0.15) is 5.38 Å². The second kappa shape index (κ2) is 5.09. The number of halogens is 1. The van der Waals surface area contributed by atoms with Crippen molar-refractivity contribution in [3.63, 3.8) is 0 Å². The summed E-state index contributed by atoms with van der Waals surface area (Å²) in [5, 5.41) is 9.42. The Hall–Kier alpha value is -1.75. The minimum atomic E-state index is -0.777. The highest BCUT2D eigenvalue weighted by Gasteiger charge is 2.33. The molecule has 0 aromatic heterocycles. The number of fused-ring (bicyclic) bond motifs is 1. The Balaban J connectivity index is 2.45. The van der Waals surface area contributed by atoms with Gasteiger partial charge in [0.05, 0.1) is 6.61 Å². The summed E-state index contributed by atoms with van der Waals surface area (Å²) in [5.74, 6) is -0.934. The Morgan fingerprint density at radius 2 is 2.32 bits per heavy atom. The van der Waals surface area contributed by atoms with E-state index in [1.165, 1.54) is 11.0 Å². The lowest BCUT2D eigenvalue weighted by Crippen LogP contribution is -2.30. The van der Waals surface area contributed by atoms with Gasteiger partial charge in [-0.1, -0.05) is 0 Å². The summed E-state index contributed by atoms with van der Waals surface area (Å²) in [6, 6.07) is 0. The van der Waals surface area contributed by atoms with Crippen molar-refractivity contribution in [3.05, 3.63) is 34.9 Å². The lowest BCUT2D eigenvalue weighted by atomic mass is 9.89. The van der Waals surface area contributed by atoms with Crippen molar-refractivity contribution in [1.82, 2.24) is 4.90 Å². The monoisotopic (exact) mass is 283 g/mol. The highest BCUT2D eigenvalue weighted by Crippen LogP contribution is 2.35. The van der Waals surface area contributed by atoms with E-state index < -0.39 is 11.3 Å². The third-order valence-corrected chi connectivity index (χ3v) is 3.35. The number of carbonyl (C=O) groups is 2. The van der Waals surface area contributed by atoms with Crippen molar-refractivity contribution < 1.29 is 19.4 Å². The Kier molecular flexibility index (Phi) is 3.66. The number of aliphatic hydroxyl groups is 1. The molecule has 1 atom stereocenters. The number of hydrogen-bond donors (Lipinski definition) is 1. The van der Waals surface area contributed by atoms with Crippen molar-refractivity contribution >= 4 is 23.4 Å². The molecule has 0 amide bonds. The van der Waals surface area contributed by atoms with Gasteiger partial charge in [0, 0.05) is 25.2 Å².